The number of ether oxygens (including phenoxy) is 1. The molecular weight excluding hydrogens is 334 g/mol. The Balaban J connectivity index is 1.85. The maximum Gasteiger partial charge on any atom is 0.120 e. The molecule has 104 valence electrons. The van der Waals surface area contributed by atoms with Crippen molar-refractivity contribution in [1.82, 2.24) is 4.57 Å². The van der Waals surface area contributed by atoms with Crippen LogP contribution in [0.2, 0.25) is 0 Å². The summed E-state index contributed by atoms with van der Waals surface area (Å²) < 4.78 is 9.14. The molecule has 3 rings (SSSR count). The van der Waals surface area contributed by atoms with Crippen molar-refractivity contribution >= 4 is 38.2 Å². The lowest BCUT2D eigenvalue weighted by Crippen LogP contribution is -1.96. The van der Waals surface area contributed by atoms with E-state index in [0.717, 1.165) is 25.3 Å². The second-order valence-electron chi connectivity index (χ2n) is 4.72. The molecule has 20 heavy (non-hydrogen) atoms. The summed E-state index contributed by atoms with van der Waals surface area (Å²) in [4.78, 5) is 1.35. The second kappa shape index (κ2) is 6.02. The first-order valence-electron chi connectivity index (χ1n) is 6.72. The third-order valence-electron chi connectivity index (χ3n) is 3.17. The van der Waals surface area contributed by atoms with Crippen LogP contribution in [0.4, 0.5) is 0 Å². The van der Waals surface area contributed by atoms with E-state index in [-0.39, 0.29) is 0 Å². The van der Waals surface area contributed by atoms with E-state index in [1.165, 1.54) is 19.6 Å². The fourth-order valence-electron chi connectivity index (χ4n) is 2.23. The minimum Gasteiger partial charge on any atom is -0.494 e. The number of rotatable bonds is 5. The van der Waals surface area contributed by atoms with Crippen molar-refractivity contribution in [3.8, 4) is 5.75 Å². The van der Waals surface area contributed by atoms with Gasteiger partial charge in [0.15, 0.2) is 0 Å². The first-order valence-corrected chi connectivity index (χ1v) is 8.33. The zero-order valence-electron chi connectivity index (χ0n) is 11.3. The van der Waals surface area contributed by atoms with Gasteiger partial charge in [0.1, 0.15) is 5.75 Å². The van der Waals surface area contributed by atoms with Gasteiger partial charge in [0.05, 0.1) is 16.9 Å². The maximum atomic E-state index is 5.68. The van der Waals surface area contributed by atoms with Gasteiger partial charge in [-0.15, -0.1) is 11.3 Å². The summed E-state index contributed by atoms with van der Waals surface area (Å²) in [5.41, 5.74) is 1.25. The molecule has 0 aliphatic rings. The van der Waals surface area contributed by atoms with E-state index in [0.29, 0.717) is 0 Å². The highest BCUT2D eigenvalue weighted by molar-refractivity contribution is 9.11. The van der Waals surface area contributed by atoms with Crippen LogP contribution in [0.3, 0.4) is 0 Å². The fourth-order valence-corrected chi connectivity index (χ4v) is 3.71. The van der Waals surface area contributed by atoms with Crippen LogP contribution >= 0.6 is 27.3 Å². The molecule has 0 bridgehead atoms. The van der Waals surface area contributed by atoms with Gasteiger partial charge in [-0.2, -0.15) is 0 Å². The van der Waals surface area contributed by atoms with Crippen molar-refractivity contribution in [1.29, 1.82) is 0 Å². The van der Waals surface area contributed by atoms with E-state index in [4.69, 9.17) is 4.74 Å². The van der Waals surface area contributed by atoms with Gasteiger partial charge in [-0.25, -0.2) is 0 Å². The molecule has 2 aromatic heterocycles. The number of aromatic nitrogens is 1. The van der Waals surface area contributed by atoms with Crippen LogP contribution in [-0.4, -0.2) is 11.2 Å². The Morgan fingerprint density at radius 3 is 2.85 bits per heavy atom. The normalized spacial score (nSPS) is 11.1. The summed E-state index contributed by atoms with van der Waals surface area (Å²) in [6.45, 7) is 3.80. The van der Waals surface area contributed by atoms with Crippen molar-refractivity contribution in [2.24, 2.45) is 0 Å². The van der Waals surface area contributed by atoms with E-state index in [2.05, 4.69) is 70.0 Å². The van der Waals surface area contributed by atoms with E-state index >= 15 is 0 Å². The molecule has 0 aliphatic heterocycles. The van der Waals surface area contributed by atoms with E-state index in [1.54, 1.807) is 11.3 Å². The van der Waals surface area contributed by atoms with E-state index in [1.807, 2.05) is 0 Å². The van der Waals surface area contributed by atoms with Crippen LogP contribution in [0.1, 0.15) is 18.2 Å². The summed E-state index contributed by atoms with van der Waals surface area (Å²) >= 11 is 5.29. The number of nitrogens with zero attached hydrogens (tertiary/aromatic N) is 1. The monoisotopic (exact) mass is 349 g/mol. The van der Waals surface area contributed by atoms with Crippen LogP contribution in [0, 0.1) is 0 Å². The Kier molecular flexibility index (Phi) is 4.13. The lowest BCUT2D eigenvalue weighted by molar-refractivity contribution is 0.318. The van der Waals surface area contributed by atoms with Gasteiger partial charge in [-0.05, 0) is 58.7 Å². The summed E-state index contributed by atoms with van der Waals surface area (Å²) in [5, 5.41) is 1.23. The van der Waals surface area contributed by atoms with Gasteiger partial charge < -0.3 is 9.30 Å². The molecule has 3 aromatic rings. The van der Waals surface area contributed by atoms with Crippen molar-refractivity contribution in [3.05, 3.63) is 51.3 Å². The van der Waals surface area contributed by atoms with Crippen molar-refractivity contribution < 1.29 is 4.74 Å². The molecule has 2 nitrogen and oxygen atoms in total. The summed E-state index contributed by atoms with van der Waals surface area (Å²) in [6.07, 6.45) is 3.17. The van der Waals surface area contributed by atoms with Crippen LogP contribution < -0.4 is 4.74 Å². The first-order chi connectivity index (χ1) is 9.76. The average molecular weight is 350 g/mol. The quantitative estimate of drug-likeness (QED) is 0.609. The van der Waals surface area contributed by atoms with Crippen molar-refractivity contribution in [2.75, 3.05) is 6.61 Å². The Morgan fingerprint density at radius 2 is 2.10 bits per heavy atom. The Bertz CT molecular complexity index is 716. The van der Waals surface area contributed by atoms with Crippen molar-refractivity contribution in [3.63, 3.8) is 0 Å². The third-order valence-corrected chi connectivity index (χ3v) is 4.78. The largest absolute Gasteiger partial charge is 0.494 e. The minimum atomic E-state index is 0.773. The Morgan fingerprint density at radius 1 is 1.20 bits per heavy atom. The molecule has 0 fully saturated rings. The number of hydrogen-bond donors (Lipinski definition) is 0. The molecule has 0 unspecified atom stereocenters. The van der Waals surface area contributed by atoms with Gasteiger partial charge in [-0.3, -0.25) is 0 Å². The number of hydrogen-bond acceptors (Lipinski definition) is 2. The highest BCUT2D eigenvalue weighted by Crippen LogP contribution is 2.26. The Hall–Kier alpha value is -1.26. The highest BCUT2D eigenvalue weighted by atomic mass is 79.9. The summed E-state index contributed by atoms with van der Waals surface area (Å²) in [6, 6.07) is 12.7. The molecule has 0 atom stereocenters. The van der Waals surface area contributed by atoms with Crippen LogP contribution in [0.15, 0.2) is 46.4 Å². The van der Waals surface area contributed by atoms with Crippen LogP contribution in [-0.2, 0) is 6.54 Å². The zero-order valence-corrected chi connectivity index (χ0v) is 13.7. The van der Waals surface area contributed by atoms with Crippen molar-refractivity contribution in [2.45, 2.75) is 19.9 Å². The van der Waals surface area contributed by atoms with Gasteiger partial charge in [0, 0.05) is 22.0 Å². The summed E-state index contributed by atoms with van der Waals surface area (Å²) in [7, 11) is 0. The number of thiophene rings is 1. The van der Waals surface area contributed by atoms with Gasteiger partial charge in [0.2, 0.25) is 0 Å². The molecule has 1 aromatic carbocycles. The Labute approximate surface area is 131 Å². The van der Waals surface area contributed by atoms with E-state index < -0.39 is 0 Å². The predicted octanol–water partition coefficient (Wildman–Crippen LogP) is 5.30. The second-order valence-corrected chi connectivity index (χ2v) is 7.27. The van der Waals surface area contributed by atoms with Crippen LogP contribution in [0.25, 0.3) is 10.9 Å². The molecule has 0 amide bonds. The van der Waals surface area contributed by atoms with E-state index in [9.17, 15) is 0 Å². The molecule has 0 radical (unpaired) electrons. The predicted molar refractivity (Wildman–Crippen MR) is 88.8 cm³/mol. The molecular formula is C16H16BrNOS. The molecule has 0 aliphatic carbocycles. The number of halogens is 1. The molecule has 0 saturated carbocycles. The standard InChI is InChI=1S/C16H16BrNOS/c1-2-9-19-13-3-5-15-12(10-13)7-8-18(15)11-14-4-6-16(17)20-14/h3-8,10H,2,9,11H2,1H3. The number of fused-ring (bicyclic) bond motifs is 1. The van der Waals surface area contributed by atoms with Crippen LogP contribution in [0.5, 0.6) is 5.75 Å². The summed E-state index contributed by atoms with van der Waals surface area (Å²) in [5.74, 6) is 0.955. The van der Waals surface area contributed by atoms with Gasteiger partial charge in [-0.1, -0.05) is 6.92 Å². The SMILES string of the molecule is CCCOc1ccc2c(ccn2Cc2ccc(Br)s2)c1. The lowest BCUT2D eigenvalue weighted by atomic mass is 10.2. The first kappa shape index (κ1) is 13.7. The minimum absolute atomic E-state index is 0.773. The molecule has 2 heterocycles. The highest BCUT2D eigenvalue weighted by Gasteiger charge is 2.05. The maximum absolute atomic E-state index is 5.68. The fraction of sp³-hybridized carbons (Fsp3) is 0.250. The van der Waals surface area contributed by atoms with Gasteiger partial charge >= 0.3 is 0 Å². The molecule has 4 heteroatoms. The lowest BCUT2D eigenvalue weighted by Gasteiger charge is -2.06. The topological polar surface area (TPSA) is 14.2 Å². The molecule has 0 spiro atoms. The average Bonchev–Trinajstić information content (AvgIpc) is 3.04. The zero-order chi connectivity index (χ0) is 13.9. The molecule has 0 saturated heterocycles. The van der Waals surface area contributed by atoms with Gasteiger partial charge in [0.25, 0.3) is 0 Å². The smallest absolute Gasteiger partial charge is 0.120 e. The number of benzene rings is 1. The third kappa shape index (κ3) is 2.91. The molecule has 0 N–H and O–H groups in total.